The molecule has 2 aromatic rings. The molecule has 0 atom stereocenters. The number of carbonyl (C=O) groups is 1. The molecule has 0 unspecified atom stereocenters. The summed E-state index contributed by atoms with van der Waals surface area (Å²) in [5.41, 5.74) is 2.94. The molecule has 0 aliphatic carbocycles. The number of hydrogen-bond donors (Lipinski definition) is 3. The highest BCUT2D eigenvalue weighted by atomic mass is 35.5. The van der Waals surface area contributed by atoms with E-state index in [1.54, 1.807) is 18.2 Å². The SMILES string of the molecule is O=C(CSc1ccc(Cl)cc1)N/N=C/c1ccc(O)c(O)c1. The Morgan fingerprint density at radius 3 is 2.59 bits per heavy atom. The summed E-state index contributed by atoms with van der Waals surface area (Å²) >= 11 is 7.15. The van der Waals surface area contributed by atoms with Crippen LogP contribution in [0.4, 0.5) is 0 Å². The number of amides is 1. The lowest BCUT2D eigenvalue weighted by atomic mass is 10.2. The van der Waals surface area contributed by atoms with Gasteiger partial charge in [0.25, 0.3) is 0 Å². The van der Waals surface area contributed by atoms with E-state index in [0.717, 1.165) is 4.90 Å². The van der Waals surface area contributed by atoms with Crippen molar-refractivity contribution in [1.82, 2.24) is 5.43 Å². The summed E-state index contributed by atoms with van der Waals surface area (Å²) in [6, 6.07) is 11.4. The fourth-order valence-corrected chi connectivity index (χ4v) is 2.33. The van der Waals surface area contributed by atoms with E-state index < -0.39 is 0 Å². The van der Waals surface area contributed by atoms with Crippen LogP contribution >= 0.6 is 23.4 Å². The van der Waals surface area contributed by atoms with Gasteiger partial charge in [-0.05, 0) is 48.0 Å². The van der Waals surface area contributed by atoms with E-state index in [4.69, 9.17) is 11.6 Å². The molecule has 114 valence electrons. The molecule has 0 fully saturated rings. The fourth-order valence-electron chi connectivity index (χ4n) is 1.51. The Morgan fingerprint density at radius 1 is 1.18 bits per heavy atom. The third kappa shape index (κ3) is 4.98. The first-order chi connectivity index (χ1) is 10.5. The molecule has 3 N–H and O–H groups in total. The predicted octanol–water partition coefficient (Wildman–Crippen LogP) is 2.99. The lowest BCUT2D eigenvalue weighted by Crippen LogP contribution is -2.19. The van der Waals surface area contributed by atoms with E-state index in [9.17, 15) is 15.0 Å². The molecule has 2 rings (SSSR count). The topological polar surface area (TPSA) is 81.9 Å². The quantitative estimate of drug-likeness (QED) is 0.339. The molecule has 0 aliphatic heterocycles. The number of thioether (sulfide) groups is 1. The number of hydrogen-bond acceptors (Lipinski definition) is 5. The molecule has 2 aromatic carbocycles. The van der Waals surface area contributed by atoms with E-state index >= 15 is 0 Å². The maximum absolute atomic E-state index is 11.6. The second-order valence-corrected chi connectivity index (χ2v) is 5.77. The van der Waals surface area contributed by atoms with Crippen LogP contribution in [0.1, 0.15) is 5.56 Å². The maximum atomic E-state index is 11.6. The van der Waals surface area contributed by atoms with Crippen molar-refractivity contribution in [3.8, 4) is 11.5 Å². The fraction of sp³-hybridized carbons (Fsp3) is 0.0667. The van der Waals surface area contributed by atoms with Crippen molar-refractivity contribution >= 4 is 35.5 Å². The Bertz CT molecular complexity index is 690. The molecule has 0 bridgehead atoms. The van der Waals surface area contributed by atoms with Crippen LogP contribution in [-0.2, 0) is 4.79 Å². The van der Waals surface area contributed by atoms with Crippen LogP contribution in [0.15, 0.2) is 52.5 Å². The number of carbonyl (C=O) groups excluding carboxylic acids is 1. The molecule has 7 heteroatoms. The average molecular weight is 337 g/mol. The number of rotatable bonds is 5. The molecule has 5 nitrogen and oxygen atoms in total. The molecule has 0 spiro atoms. The molecule has 0 aliphatic rings. The van der Waals surface area contributed by atoms with Gasteiger partial charge in [0.1, 0.15) is 0 Å². The van der Waals surface area contributed by atoms with Crippen LogP contribution in [0, 0.1) is 0 Å². The van der Waals surface area contributed by atoms with Gasteiger partial charge in [0.05, 0.1) is 12.0 Å². The largest absolute Gasteiger partial charge is 0.504 e. The van der Waals surface area contributed by atoms with E-state index in [1.165, 1.54) is 30.1 Å². The van der Waals surface area contributed by atoms with Crippen molar-refractivity contribution in [3.63, 3.8) is 0 Å². The minimum atomic E-state index is -0.251. The lowest BCUT2D eigenvalue weighted by molar-refractivity contribution is -0.118. The Kier molecular flexibility index (Phi) is 5.68. The first kappa shape index (κ1) is 16.2. The second-order valence-electron chi connectivity index (χ2n) is 4.28. The predicted molar refractivity (Wildman–Crippen MR) is 87.7 cm³/mol. The molecule has 0 aromatic heterocycles. The Labute approximate surface area is 136 Å². The van der Waals surface area contributed by atoms with Gasteiger partial charge in [-0.1, -0.05) is 11.6 Å². The number of aromatic hydroxyl groups is 2. The number of phenols is 2. The molecule has 0 heterocycles. The van der Waals surface area contributed by atoms with Crippen LogP contribution in [0.2, 0.25) is 5.02 Å². The lowest BCUT2D eigenvalue weighted by Gasteiger charge is -2.01. The molecule has 0 saturated heterocycles. The smallest absolute Gasteiger partial charge is 0.250 e. The summed E-state index contributed by atoms with van der Waals surface area (Å²) in [7, 11) is 0. The van der Waals surface area contributed by atoms with Gasteiger partial charge in [-0.15, -0.1) is 11.8 Å². The molecular formula is C15H13ClN2O3S. The van der Waals surface area contributed by atoms with Gasteiger partial charge in [0, 0.05) is 9.92 Å². The summed E-state index contributed by atoms with van der Waals surface area (Å²) in [5.74, 6) is -0.479. The van der Waals surface area contributed by atoms with Crippen molar-refractivity contribution in [1.29, 1.82) is 0 Å². The van der Waals surface area contributed by atoms with Crippen molar-refractivity contribution in [2.45, 2.75) is 4.90 Å². The first-order valence-electron chi connectivity index (χ1n) is 6.27. The molecule has 1 amide bonds. The Morgan fingerprint density at radius 2 is 1.91 bits per heavy atom. The minimum absolute atomic E-state index is 0.208. The zero-order valence-corrected chi connectivity index (χ0v) is 12.9. The van der Waals surface area contributed by atoms with Gasteiger partial charge in [-0.2, -0.15) is 5.10 Å². The summed E-state index contributed by atoms with van der Waals surface area (Å²) in [4.78, 5) is 12.6. The van der Waals surface area contributed by atoms with Crippen LogP contribution in [0.3, 0.4) is 0 Å². The van der Waals surface area contributed by atoms with Crippen molar-refractivity contribution in [2.24, 2.45) is 5.10 Å². The van der Waals surface area contributed by atoms with E-state index in [2.05, 4.69) is 10.5 Å². The van der Waals surface area contributed by atoms with Crippen molar-refractivity contribution in [2.75, 3.05) is 5.75 Å². The molecule has 0 saturated carbocycles. The summed E-state index contributed by atoms with van der Waals surface area (Å²) in [5, 5.41) is 22.9. The highest BCUT2D eigenvalue weighted by Crippen LogP contribution is 2.24. The van der Waals surface area contributed by atoms with Gasteiger partial charge < -0.3 is 10.2 Å². The standard InChI is InChI=1S/C15H13ClN2O3S/c16-11-2-4-12(5-3-11)22-9-15(21)18-17-8-10-1-6-13(19)14(20)7-10/h1-8,19-20H,9H2,(H,18,21)/b17-8+. The van der Waals surface area contributed by atoms with Gasteiger partial charge in [-0.25, -0.2) is 5.43 Å². The third-order valence-corrected chi connectivity index (χ3v) is 3.85. The molecule has 0 radical (unpaired) electrons. The summed E-state index contributed by atoms with van der Waals surface area (Å²) in [6.45, 7) is 0. The number of hydrazone groups is 1. The Balaban J connectivity index is 1.80. The second kappa shape index (κ2) is 7.72. The Hall–Kier alpha value is -2.18. The zero-order chi connectivity index (χ0) is 15.9. The van der Waals surface area contributed by atoms with Crippen molar-refractivity contribution < 1.29 is 15.0 Å². The zero-order valence-electron chi connectivity index (χ0n) is 11.4. The van der Waals surface area contributed by atoms with Crippen LogP contribution in [-0.4, -0.2) is 28.1 Å². The molecule has 22 heavy (non-hydrogen) atoms. The number of halogens is 1. The van der Waals surface area contributed by atoms with Gasteiger partial charge >= 0.3 is 0 Å². The van der Waals surface area contributed by atoms with Crippen LogP contribution in [0.25, 0.3) is 0 Å². The van der Waals surface area contributed by atoms with Gasteiger partial charge in [0.15, 0.2) is 11.5 Å². The summed E-state index contributed by atoms with van der Waals surface area (Å²) in [6.07, 6.45) is 1.38. The van der Waals surface area contributed by atoms with E-state index in [1.807, 2.05) is 12.1 Å². The summed E-state index contributed by atoms with van der Waals surface area (Å²) < 4.78 is 0. The van der Waals surface area contributed by atoms with Gasteiger partial charge in [0.2, 0.25) is 5.91 Å². The van der Waals surface area contributed by atoms with Crippen molar-refractivity contribution in [3.05, 3.63) is 53.1 Å². The number of nitrogens with zero attached hydrogens (tertiary/aromatic N) is 1. The molecular weight excluding hydrogens is 324 g/mol. The van der Waals surface area contributed by atoms with Gasteiger partial charge in [-0.3, -0.25) is 4.79 Å². The average Bonchev–Trinajstić information content (AvgIpc) is 2.50. The van der Waals surface area contributed by atoms with Crippen LogP contribution in [0.5, 0.6) is 11.5 Å². The minimum Gasteiger partial charge on any atom is -0.504 e. The maximum Gasteiger partial charge on any atom is 0.250 e. The number of nitrogens with one attached hydrogen (secondary N) is 1. The highest BCUT2D eigenvalue weighted by molar-refractivity contribution is 8.00. The van der Waals surface area contributed by atoms with E-state index in [-0.39, 0.29) is 23.2 Å². The third-order valence-electron chi connectivity index (χ3n) is 2.59. The number of phenolic OH excluding ortho intramolecular Hbond substituents is 2. The normalized spacial score (nSPS) is 10.8. The monoisotopic (exact) mass is 336 g/mol. The number of benzene rings is 2. The highest BCUT2D eigenvalue weighted by Gasteiger charge is 2.02. The van der Waals surface area contributed by atoms with E-state index in [0.29, 0.717) is 10.6 Å². The first-order valence-corrected chi connectivity index (χ1v) is 7.63. The van der Waals surface area contributed by atoms with Crippen LogP contribution < -0.4 is 5.43 Å².